The first kappa shape index (κ1) is 9.86. The van der Waals surface area contributed by atoms with E-state index in [0.717, 1.165) is 0 Å². The van der Waals surface area contributed by atoms with Gasteiger partial charge in [0.2, 0.25) is 0 Å². The molecular formula is C10H7ClN2O2. The van der Waals surface area contributed by atoms with Crippen LogP contribution in [0, 0.1) is 0 Å². The van der Waals surface area contributed by atoms with Crippen LogP contribution in [0.1, 0.15) is 17.3 Å². The van der Waals surface area contributed by atoms with E-state index in [4.69, 9.17) is 11.6 Å². The van der Waals surface area contributed by atoms with Gasteiger partial charge in [0.1, 0.15) is 16.4 Å². The van der Waals surface area contributed by atoms with Crippen molar-refractivity contribution >= 4 is 23.0 Å². The Morgan fingerprint density at radius 3 is 2.87 bits per heavy atom. The van der Waals surface area contributed by atoms with Gasteiger partial charge >= 0.3 is 0 Å². The van der Waals surface area contributed by atoms with Crippen molar-refractivity contribution in [3.8, 4) is 0 Å². The summed E-state index contributed by atoms with van der Waals surface area (Å²) in [5.41, 5.74) is -0.0732. The standard InChI is InChI=1S/C10H7ClN2O2/c1-6(14)8-9(11)12-7-4-2-3-5-13(7)10(8)15/h2-5H,1H3. The van der Waals surface area contributed by atoms with Gasteiger partial charge in [0, 0.05) is 6.20 Å². The SMILES string of the molecule is CC(=O)c1c(Cl)nc2ccccn2c1=O. The maximum absolute atomic E-state index is 11.8. The summed E-state index contributed by atoms with van der Waals surface area (Å²) in [6.45, 7) is 1.29. The summed E-state index contributed by atoms with van der Waals surface area (Å²) < 4.78 is 1.29. The van der Waals surface area contributed by atoms with Crippen molar-refractivity contribution in [1.29, 1.82) is 0 Å². The molecule has 0 N–H and O–H groups in total. The monoisotopic (exact) mass is 222 g/mol. The maximum Gasteiger partial charge on any atom is 0.270 e. The first-order chi connectivity index (χ1) is 7.11. The number of nitrogens with zero attached hydrogens (tertiary/aromatic N) is 2. The van der Waals surface area contributed by atoms with E-state index in [1.807, 2.05) is 0 Å². The zero-order chi connectivity index (χ0) is 11.0. The Morgan fingerprint density at radius 2 is 2.20 bits per heavy atom. The van der Waals surface area contributed by atoms with Crippen LogP contribution < -0.4 is 5.56 Å². The fourth-order valence-corrected chi connectivity index (χ4v) is 1.66. The van der Waals surface area contributed by atoms with Gasteiger partial charge in [-0.1, -0.05) is 17.7 Å². The van der Waals surface area contributed by atoms with E-state index in [1.165, 1.54) is 11.3 Å². The fourth-order valence-electron chi connectivity index (χ4n) is 1.36. The van der Waals surface area contributed by atoms with Crippen molar-refractivity contribution in [2.75, 3.05) is 0 Å². The van der Waals surface area contributed by atoms with Gasteiger partial charge in [0.05, 0.1) is 0 Å². The Labute approximate surface area is 90.1 Å². The van der Waals surface area contributed by atoms with Gasteiger partial charge in [-0.2, -0.15) is 0 Å². The number of hydrogen-bond acceptors (Lipinski definition) is 3. The molecule has 0 saturated carbocycles. The van der Waals surface area contributed by atoms with Gasteiger partial charge in [0.25, 0.3) is 5.56 Å². The molecule has 2 aromatic rings. The van der Waals surface area contributed by atoms with Crippen molar-refractivity contribution in [3.05, 3.63) is 45.5 Å². The Bertz CT molecular complexity index is 604. The molecule has 0 aromatic carbocycles. The minimum Gasteiger partial charge on any atom is -0.294 e. The molecule has 0 aliphatic carbocycles. The number of fused-ring (bicyclic) bond motifs is 1. The van der Waals surface area contributed by atoms with Crippen molar-refractivity contribution in [2.45, 2.75) is 6.92 Å². The zero-order valence-corrected chi connectivity index (χ0v) is 8.65. The van der Waals surface area contributed by atoms with E-state index in [-0.39, 0.29) is 16.5 Å². The lowest BCUT2D eigenvalue weighted by molar-refractivity contribution is 0.101. The molecule has 2 rings (SSSR count). The van der Waals surface area contributed by atoms with Crippen LogP contribution in [0.5, 0.6) is 0 Å². The van der Waals surface area contributed by atoms with Crippen LogP contribution in [0.3, 0.4) is 0 Å². The zero-order valence-electron chi connectivity index (χ0n) is 7.90. The van der Waals surface area contributed by atoms with Gasteiger partial charge < -0.3 is 0 Å². The molecule has 0 aliphatic heterocycles. The molecule has 15 heavy (non-hydrogen) atoms. The molecule has 4 nitrogen and oxygen atoms in total. The number of carbonyl (C=O) groups is 1. The average Bonchev–Trinajstić information content (AvgIpc) is 2.17. The van der Waals surface area contributed by atoms with Crippen molar-refractivity contribution in [3.63, 3.8) is 0 Å². The average molecular weight is 223 g/mol. The topological polar surface area (TPSA) is 51.4 Å². The first-order valence-electron chi connectivity index (χ1n) is 4.29. The largest absolute Gasteiger partial charge is 0.294 e. The lowest BCUT2D eigenvalue weighted by atomic mass is 10.2. The highest BCUT2D eigenvalue weighted by atomic mass is 35.5. The van der Waals surface area contributed by atoms with E-state index >= 15 is 0 Å². The second-order valence-corrected chi connectivity index (χ2v) is 3.43. The Balaban J connectivity index is 2.97. The number of Topliss-reactive ketones (excluding diaryl/α,β-unsaturated/α-hetero) is 1. The molecule has 2 aromatic heterocycles. The number of ketones is 1. The van der Waals surface area contributed by atoms with E-state index in [0.29, 0.717) is 5.65 Å². The van der Waals surface area contributed by atoms with Crippen LogP contribution in [-0.4, -0.2) is 15.2 Å². The molecule has 2 heterocycles. The summed E-state index contributed by atoms with van der Waals surface area (Å²) in [6.07, 6.45) is 1.55. The molecule has 0 unspecified atom stereocenters. The van der Waals surface area contributed by atoms with Gasteiger partial charge in [-0.3, -0.25) is 14.0 Å². The van der Waals surface area contributed by atoms with Crippen molar-refractivity contribution in [2.24, 2.45) is 0 Å². The van der Waals surface area contributed by atoms with Crippen LogP contribution in [0.25, 0.3) is 5.65 Å². The van der Waals surface area contributed by atoms with Gasteiger partial charge in [0.15, 0.2) is 5.78 Å². The van der Waals surface area contributed by atoms with E-state index in [1.54, 1.807) is 24.4 Å². The van der Waals surface area contributed by atoms with Crippen LogP contribution in [-0.2, 0) is 0 Å². The lowest BCUT2D eigenvalue weighted by Crippen LogP contribution is -2.22. The van der Waals surface area contributed by atoms with Gasteiger partial charge in [-0.15, -0.1) is 0 Å². The Hall–Kier alpha value is -1.68. The highest BCUT2D eigenvalue weighted by Gasteiger charge is 2.14. The molecule has 0 atom stereocenters. The second kappa shape index (κ2) is 3.47. The quantitative estimate of drug-likeness (QED) is 0.543. The summed E-state index contributed by atoms with van der Waals surface area (Å²) in [4.78, 5) is 27.0. The van der Waals surface area contributed by atoms with Crippen LogP contribution in [0.2, 0.25) is 5.15 Å². The van der Waals surface area contributed by atoms with Crippen LogP contribution >= 0.6 is 11.6 Å². The molecule has 0 saturated heterocycles. The van der Waals surface area contributed by atoms with E-state index < -0.39 is 5.56 Å². The molecule has 0 fully saturated rings. The van der Waals surface area contributed by atoms with E-state index in [9.17, 15) is 9.59 Å². The molecular weight excluding hydrogens is 216 g/mol. The molecule has 0 spiro atoms. The van der Waals surface area contributed by atoms with E-state index in [2.05, 4.69) is 4.98 Å². The lowest BCUT2D eigenvalue weighted by Gasteiger charge is -2.02. The minimum absolute atomic E-state index is 0.0429. The van der Waals surface area contributed by atoms with Crippen molar-refractivity contribution < 1.29 is 4.79 Å². The summed E-state index contributed by atoms with van der Waals surface area (Å²) >= 11 is 5.76. The molecule has 0 bridgehead atoms. The predicted molar refractivity (Wildman–Crippen MR) is 56.5 cm³/mol. The van der Waals surface area contributed by atoms with Gasteiger partial charge in [-0.05, 0) is 19.1 Å². The minimum atomic E-state index is -0.432. The summed E-state index contributed by atoms with van der Waals surface area (Å²) in [6, 6.07) is 5.08. The second-order valence-electron chi connectivity index (χ2n) is 3.07. The number of rotatable bonds is 1. The summed E-state index contributed by atoms with van der Waals surface area (Å²) in [5.74, 6) is -0.379. The number of hydrogen-bond donors (Lipinski definition) is 0. The third-order valence-corrected chi connectivity index (χ3v) is 2.32. The smallest absolute Gasteiger partial charge is 0.270 e. The Morgan fingerprint density at radius 1 is 1.47 bits per heavy atom. The van der Waals surface area contributed by atoms with Gasteiger partial charge in [-0.25, -0.2) is 4.98 Å². The maximum atomic E-state index is 11.8. The Kier molecular flexibility index (Phi) is 2.28. The first-order valence-corrected chi connectivity index (χ1v) is 4.67. The third-order valence-electron chi connectivity index (χ3n) is 2.04. The molecule has 76 valence electrons. The number of carbonyl (C=O) groups excluding carboxylic acids is 1. The normalized spacial score (nSPS) is 10.5. The van der Waals surface area contributed by atoms with Crippen LogP contribution in [0.4, 0.5) is 0 Å². The number of pyridine rings is 1. The highest BCUT2D eigenvalue weighted by Crippen LogP contribution is 2.10. The molecule has 0 amide bonds. The highest BCUT2D eigenvalue weighted by molar-refractivity contribution is 6.32. The van der Waals surface area contributed by atoms with Crippen molar-refractivity contribution in [1.82, 2.24) is 9.38 Å². The molecule has 0 radical (unpaired) electrons. The number of halogens is 1. The molecule has 5 heteroatoms. The summed E-state index contributed by atoms with van der Waals surface area (Å²) in [5, 5.41) is -0.0429. The molecule has 0 aliphatic rings. The third kappa shape index (κ3) is 1.53. The van der Waals surface area contributed by atoms with Crippen LogP contribution in [0.15, 0.2) is 29.2 Å². The summed E-state index contributed by atoms with van der Waals surface area (Å²) in [7, 11) is 0. The number of aromatic nitrogens is 2. The fraction of sp³-hybridized carbons (Fsp3) is 0.100. The predicted octanol–water partition coefficient (Wildman–Crippen LogP) is 1.55.